The summed E-state index contributed by atoms with van der Waals surface area (Å²) in [7, 11) is 0. The lowest BCUT2D eigenvalue weighted by Gasteiger charge is -2.21. The van der Waals surface area contributed by atoms with Gasteiger partial charge in [0.2, 0.25) is 0 Å². The Hall–Kier alpha value is -2.67. The van der Waals surface area contributed by atoms with Crippen LogP contribution in [0, 0.1) is 17.1 Å². The van der Waals surface area contributed by atoms with Crippen molar-refractivity contribution in [3.63, 3.8) is 0 Å². The molecule has 0 amide bonds. The Balaban J connectivity index is 2.55. The molecule has 1 unspecified atom stereocenters. The van der Waals surface area contributed by atoms with Crippen molar-refractivity contribution in [2.24, 2.45) is 0 Å². The second-order valence-corrected chi connectivity index (χ2v) is 6.46. The zero-order chi connectivity index (χ0) is 17.2. The van der Waals surface area contributed by atoms with Gasteiger partial charge in [-0.3, -0.25) is 4.79 Å². The van der Waals surface area contributed by atoms with E-state index in [1.54, 1.807) is 18.2 Å². The van der Waals surface area contributed by atoms with E-state index in [1.807, 2.05) is 12.1 Å². The van der Waals surface area contributed by atoms with Gasteiger partial charge in [0.05, 0.1) is 5.56 Å². The molecule has 0 spiro atoms. The average Bonchev–Trinajstić information content (AvgIpc) is 2.47. The molecule has 0 aliphatic rings. The first-order valence-corrected chi connectivity index (χ1v) is 7.27. The molecule has 0 aliphatic heterocycles. The van der Waals surface area contributed by atoms with E-state index < -0.39 is 17.7 Å². The lowest BCUT2D eigenvalue weighted by Crippen LogP contribution is -2.16. The third kappa shape index (κ3) is 3.40. The van der Waals surface area contributed by atoms with Crippen LogP contribution in [-0.2, 0) is 10.2 Å². The maximum Gasteiger partial charge on any atom is 0.315 e. The molecule has 118 valence electrons. The van der Waals surface area contributed by atoms with E-state index in [0.29, 0.717) is 5.56 Å². The summed E-state index contributed by atoms with van der Waals surface area (Å²) in [6.07, 6.45) is 0. The molecule has 2 aromatic carbocycles. The quantitative estimate of drug-likeness (QED) is 0.923. The zero-order valence-corrected chi connectivity index (χ0v) is 13.3. The molecule has 0 saturated carbocycles. The van der Waals surface area contributed by atoms with Crippen LogP contribution in [0.2, 0.25) is 0 Å². The molecule has 0 aromatic heterocycles. The summed E-state index contributed by atoms with van der Waals surface area (Å²) in [5.41, 5.74) is 1.49. The van der Waals surface area contributed by atoms with Crippen molar-refractivity contribution in [3.05, 3.63) is 70.5 Å². The first kappa shape index (κ1) is 16.7. The number of hydrogen-bond acceptors (Lipinski definition) is 2. The van der Waals surface area contributed by atoms with Crippen molar-refractivity contribution in [3.8, 4) is 6.07 Å². The van der Waals surface area contributed by atoms with E-state index in [-0.39, 0.29) is 16.5 Å². The van der Waals surface area contributed by atoms with Gasteiger partial charge in [-0.2, -0.15) is 5.26 Å². The fraction of sp³-hybridized carbons (Fsp3) is 0.263. The molecular formula is C19H18FNO2. The lowest BCUT2D eigenvalue weighted by atomic mass is 9.83. The van der Waals surface area contributed by atoms with Crippen LogP contribution in [0.1, 0.15) is 48.9 Å². The van der Waals surface area contributed by atoms with E-state index in [9.17, 15) is 14.3 Å². The van der Waals surface area contributed by atoms with Gasteiger partial charge < -0.3 is 5.11 Å². The maximum atomic E-state index is 13.8. The van der Waals surface area contributed by atoms with E-state index in [2.05, 4.69) is 20.8 Å². The number of halogens is 1. The number of aliphatic carboxylic acids is 1. The Morgan fingerprint density at radius 3 is 2.26 bits per heavy atom. The van der Waals surface area contributed by atoms with E-state index in [4.69, 9.17) is 5.26 Å². The molecule has 23 heavy (non-hydrogen) atoms. The fourth-order valence-electron chi connectivity index (χ4n) is 2.53. The minimum atomic E-state index is -1.12. The molecule has 2 rings (SSSR count). The van der Waals surface area contributed by atoms with Crippen molar-refractivity contribution >= 4 is 5.97 Å². The molecule has 3 nitrogen and oxygen atoms in total. The number of carboxylic acid groups (broad SMARTS) is 1. The van der Waals surface area contributed by atoms with Crippen LogP contribution >= 0.6 is 0 Å². The smallest absolute Gasteiger partial charge is 0.315 e. The van der Waals surface area contributed by atoms with Crippen molar-refractivity contribution in [1.82, 2.24) is 0 Å². The summed E-state index contributed by atoms with van der Waals surface area (Å²) in [4.78, 5) is 11.7. The van der Waals surface area contributed by atoms with Crippen LogP contribution in [0.15, 0.2) is 42.5 Å². The van der Waals surface area contributed by atoms with E-state index in [1.165, 1.54) is 12.1 Å². The molecule has 0 heterocycles. The van der Waals surface area contributed by atoms with E-state index in [0.717, 1.165) is 11.6 Å². The number of nitriles is 1. The molecule has 2 aromatic rings. The normalized spacial score (nSPS) is 12.5. The van der Waals surface area contributed by atoms with Crippen LogP contribution in [0.4, 0.5) is 4.39 Å². The van der Waals surface area contributed by atoms with E-state index >= 15 is 0 Å². The second kappa shape index (κ2) is 6.21. The van der Waals surface area contributed by atoms with Gasteiger partial charge in [0.25, 0.3) is 0 Å². The second-order valence-electron chi connectivity index (χ2n) is 6.46. The largest absolute Gasteiger partial charge is 0.481 e. The highest BCUT2D eigenvalue weighted by atomic mass is 19.1. The van der Waals surface area contributed by atoms with Crippen LogP contribution in [-0.4, -0.2) is 11.1 Å². The summed E-state index contributed by atoms with van der Waals surface area (Å²) >= 11 is 0. The number of hydrogen-bond donors (Lipinski definition) is 1. The predicted molar refractivity (Wildman–Crippen MR) is 85.7 cm³/mol. The average molecular weight is 311 g/mol. The Kier molecular flexibility index (Phi) is 4.51. The number of rotatable bonds is 3. The molecule has 4 heteroatoms. The number of carbonyl (C=O) groups is 1. The van der Waals surface area contributed by atoms with Crippen molar-refractivity contribution in [2.75, 3.05) is 0 Å². The fourth-order valence-corrected chi connectivity index (χ4v) is 2.53. The predicted octanol–water partition coefficient (Wildman–Crippen LogP) is 4.21. The van der Waals surface area contributed by atoms with Crippen LogP contribution in [0.25, 0.3) is 0 Å². The Bertz CT molecular complexity index is 767. The molecule has 0 aliphatic carbocycles. The lowest BCUT2D eigenvalue weighted by molar-refractivity contribution is -0.137. The number of nitrogens with zero attached hydrogens (tertiary/aromatic N) is 1. The van der Waals surface area contributed by atoms with Crippen molar-refractivity contribution < 1.29 is 14.3 Å². The SMILES string of the molecule is CC(C)(C)c1ccc(C(C(=O)O)c2cccc(F)c2C#N)cc1. The van der Waals surface area contributed by atoms with Gasteiger partial charge in [-0.15, -0.1) is 0 Å². The monoisotopic (exact) mass is 311 g/mol. The van der Waals surface area contributed by atoms with Gasteiger partial charge in [0, 0.05) is 0 Å². The number of carboxylic acids is 1. The standard InChI is InChI=1S/C19H18FNO2/c1-19(2,3)13-9-7-12(8-10-13)17(18(22)23)14-5-4-6-16(20)15(14)11-21/h4-10,17H,1-3H3,(H,22,23). The molecular weight excluding hydrogens is 293 g/mol. The maximum absolute atomic E-state index is 13.8. The van der Waals surface area contributed by atoms with Gasteiger partial charge >= 0.3 is 5.97 Å². The first-order valence-electron chi connectivity index (χ1n) is 7.27. The van der Waals surface area contributed by atoms with Crippen LogP contribution in [0.3, 0.4) is 0 Å². The van der Waals surface area contributed by atoms with Gasteiger partial charge in [0.15, 0.2) is 0 Å². The van der Waals surface area contributed by atoms with Gasteiger partial charge in [-0.05, 0) is 28.2 Å². The topological polar surface area (TPSA) is 61.1 Å². The molecule has 0 radical (unpaired) electrons. The molecule has 0 bridgehead atoms. The zero-order valence-electron chi connectivity index (χ0n) is 13.3. The van der Waals surface area contributed by atoms with Crippen LogP contribution < -0.4 is 0 Å². The highest BCUT2D eigenvalue weighted by Crippen LogP contribution is 2.31. The summed E-state index contributed by atoms with van der Waals surface area (Å²) in [6.45, 7) is 6.20. The van der Waals surface area contributed by atoms with Crippen molar-refractivity contribution in [1.29, 1.82) is 5.26 Å². The minimum absolute atomic E-state index is 0.0477. The summed E-state index contributed by atoms with van der Waals surface area (Å²) in [5, 5.41) is 18.7. The first-order chi connectivity index (χ1) is 10.8. The van der Waals surface area contributed by atoms with Crippen molar-refractivity contribution in [2.45, 2.75) is 32.1 Å². The molecule has 0 fully saturated rings. The Labute approximate surface area is 135 Å². The minimum Gasteiger partial charge on any atom is -0.481 e. The summed E-state index contributed by atoms with van der Waals surface area (Å²) < 4.78 is 13.8. The van der Waals surface area contributed by atoms with Crippen LogP contribution in [0.5, 0.6) is 0 Å². The highest BCUT2D eigenvalue weighted by Gasteiger charge is 2.26. The molecule has 1 N–H and O–H groups in total. The summed E-state index contributed by atoms with van der Waals surface area (Å²) in [6, 6.07) is 13.0. The van der Waals surface area contributed by atoms with Gasteiger partial charge in [0.1, 0.15) is 17.8 Å². The van der Waals surface area contributed by atoms with Gasteiger partial charge in [-0.25, -0.2) is 4.39 Å². The highest BCUT2D eigenvalue weighted by molar-refractivity contribution is 5.81. The Morgan fingerprint density at radius 1 is 1.17 bits per heavy atom. The Morgan fingerprint density at radius 2 is 1.78 bits per heavy atom. The number of benzene rings is 2. The third-order valence-electron chi connectivity index (χ3n) is 3.83. The third-order valence-corrected chi connectivity index (χ3v) is 3.83. The molecule has 1 atom stereocenters. The summed E-state index contributed by atoms with van der Waals surface area (Å²) in [5.74, 6) is -2.90. The van der Waals surface area contributed by atoms with Gasteiger partial charge in [-0.1, -0.05) is 57.2 Å². The molecule has 0 saturated heterocycles.